The number of halogens is 3. The normalized spacial score (nSPS) is 13.6. The SMILES string of the molecule is O[C@H](c1ccccc1-n1cccn1)C(F)(F)F. The summed E-state index contributed by atoms with van der Waals surface area (Å²) in [5, 5.41) is 13.1. The van der Waals surface area contributed by atoms with Crippen LogP contribution in [0.2, 0.25) is 0 Å². The molecule has 0 radical (unpaired) electrons. The van der Waals surface area contributed by atoms with E-state index in [1.807, 2.05) is 0 Å². The summed E-state index contributed by atoms with van der Waals surface area (Å²) in [6.45, 7) is 0. The Morgan fingerprint density at radius 2 is 1.88 bits per heavy atom. The summed E-state index contributed by atoms with van der Waals surface area (Å²) in [5.41, 5.74) is -0.00831. The molecule has 17 heavy (non-hydrogen) atoms. The average molecular weight is 242 g/mol. The van der Waals surface area contributed by atoms with Gasteiger partial charge in [0.1, 0.15) is 0 Å². The summed E-state index contributed by atoms with van der Waals surface area (Å²) in [4.78, 5) is 0. The molecule has 2 aromatic rings. The van der Waals surface area contributed by atoms with E-state index in [1.54, 1.807) is 12.1 Å². The van der Waals surface area contributed by atoms with Gasteiger partial charge in [-0.3, -0.25) is 0 Å². The minimum Gasteiger partial charge on any atom is -0.379 e. The van der Waals surface area contributed by atoms with Gasteiger partial charge in [-0.15, -0.1) is 0 Å². The molecule has 3 nitrogen and oxygen atoms in total. The number of benzene rings is 1. The highest BCUT2D eigenvalue weighted by atomic mass is 19.4. The molecule has 0 saturated heterocycles. The summed E-state index contributed by atoms with van der Waals surface area (Å²) >= 11 is 0. The maximum atomic E-state index is 12.5. The van der Waals surface area contributed by atoms with E-state index in [9.17, 15) is 18.3 Å². The number of aromatic nitrogens is 2. The lowest BCUT2D eigenvalue weighted by Gasteiger charge is -2.17. The maximum Gasteiger partial charge on any atom is 0.418 e. The lowest BCUT2D eigenvalue weighted by Crippen LogP contribution is -2.21. The fourth-order valence-corrected chi connectivity index (χ4v) is 1.52. The number of hydrogen-bond acceptors (Lipinski definition) is 2. The molecule has 0 spiro atoms. The van der Waals surface area contributed by atoms with E-state index in [0.29, 0.717) is 0 Å². The average Bonchev–Trinajstić information content (AvgIpc) is 2.80. The van der Waals surface area contributed by atoms with Crippen molar-refractivity contribution >= 4 is 0 Å². The monoisotopic (exact) mass is 242 g/mol. The Hall–Kier alpha value is -1.82. The Morgan fingerprint density at radius 3 is 2.47 bits per heavy atom. The van der Waals surface area contributed by atoms with Crippen molar-refractivity contribution in [3.05, 3.63) is 48.3 Å². The van der Waals surface area contributed by atoms with Crippen LogP contribution in [0.25, 0.3) is 5.69 Å². The molecule has 0 fully saturated rings. The molecule has 0 aliphatic carbocycles. The molecule has 1 aromatic heterocycles. The Kier molecular flexibility index (Phi) is 2.89. The van der Waals surface area contributed by atoms with E-state index in [1.165, 1.54) is 35.3 Å². The number of aliphatic hydroxyl groups excluding tert-OH is 1. The van der Waals surface area contributed by atoms with Gasteiger partial charge in [-0.25, -0.2) is 4.68 Å². The highest BCUT2D eigenvalue weighted by Crippen LogP contribution is 2.34. The molecular formula is C11H9F3N2O. The third-order valence-corrected chi connectivity index (χ3v) is 2.29. The first kappa shape index (κ1) is 11.7. The molecule has 1 N–H and O–H groups in total. The van der Waals surface area contributed by atoms with Crippen LogP contribution in [0, 0.1) is 0 Å². The second-order valence-electron chi connectivity index (χ2n) is 3.45. The third kappa shape index (κ3) is 2.31. The first-order chi connectivity index (χ1) is 8.00. The Bertz CT molecular complexity index is 494. The fourth-order valence-electron chi connectivity index (χ4n) is 1.52. The van der Waals surface area contributed by atoms with Gasteiger partial charge >= 0.3 is 6.18 Å². The molecule has 0 saturated carbocycles. The zero-order valence-corrected chi connectivity index (χ0v) is 8.59. The number of alkyl halides is 3. The molecule has 0 unspecified atom stereocenters. The van der Waals surface area contributed by atoms with E-state index in [2.05, 4.69) is 5.10 Å². The molecule has 0 aliphatic heterocycles. The molecule has 0 aliphatic rings. The number of aliphatic hydroxyl groups is 1. The van der Waals surface area contributed by atoms with Crippen molar-refractivity contribution in [3.8, 4) is 5.69 Å². The molecule has 1 aromatic carbocycles. The van der Waals surface area contributed by atoms with Crippen LogP contribution in [-0.2, 0) is 0 Å². The summed E-state index contributed by atoms with van der Waals surface area (Å²) in [6.07, 6.45) is -4.23. The molecule has 1 atom stereocenters. The van der Waals surface area contributed by atoms with Crippen molar-refractivity contribution in [3.63, 3.8) is 0 Å². The maximum absolute atomic E-state index is 12.5. The number of nitrogens with zero attached hydrogens (tertiary/aromatic N) is 2. The van der Waals surface area contributed by atoms with Crippen molar-refractivity contribution < 1.29 is 18.3 Å². The number of hydrogen-bond donors (Lipinski definition) is 1. The van der Waals surface area contributed by atoms with Crippen LogP contribution in [-0.4, -0.2) is 21.1 Å². The third-order valence-electron chi connectivity index (χ3n) is 2.29. The van der Waals surface area contributed by atoms with Gasteiger partial charge < -0.3 is 5.11 Å². The largest absolute Gasteiger partial charge is 0.418 e. The summed E-state index contributed by atoms with van der Waals surface area (Å²) in [5.74, 6) is 0. The van der Waals surface area contributed by atoms with Gasteiger partial charge in [0.25, 0.3) is 0 Å². The zero-order chi connectivity index (χ0) is 12.5. The van der Waals surface area contributed by atoms with E-state index in [0.717, 1.165) is 0 Å². The summed E-state index contributed by atoms with van der Waals surface area (Å²) in [7, 11) is 0. The molecule has 90 valence electrons. The van der Waals surface area contributed by atoms with Gasteiger partial charge in [0.05, 0.1) is 5.69 Å². The predicted octanol–water partition coefficient (Wildman–Crippen LogP) is 2.47. The zero-order valence-electron chi connectivity index (χ0n) is 8.59. The number of para-hydroxylation sites is 1. The van der Waals surface area contributed by atoms with Crippen molar-refractivity contribution in [1.82, 2.24) is 9.78 Å². The predicted molar refractivity (Wildman–Crippen MR) is 54.6 cm³/mol. The van der Waals surface area contributed by atoms with Crippen LogP contribution in [0.4, 0.5) is 13.2 Å². The molecular weight excluding hydrogens is 233 g/mol. The Balaban J connectivity index is 2.49. The van der Waals surface area contributed by atoms with Crippen molar-refractivity contribution in [2.45, 2.75) is 12.3 Å². The van der Waals surface area contributed by atoms with Crippen molar-refractivity contribution in [2.75, 3.05) is 0 Å². The second kappa shape index (κ2) is 4.21. The van der Waals surface area contributed by atoms with Gasteiger partial charge in [0, 0.05) is 18.0 Å². The molecule has 1 heterocycles. The van der Waals surface area contributed by atoms with E-state index in [-0.39, 0.29) is 11.3 Å². The van der Waals surface area contributed by atoms with Gasteiger partial charge in [0.2, 0.25) is 0 Å². The minimum absolute atomic E-state index is 0.210. The van der Waals surface area contributed by atoms with E-state index >= 15 is 0 Å². The van der Waals surface area contributed by atoms with Crippen LogP contribution < -0.4 is 0 Å². The smallest absolute Gasteiger partial charge is 0.379 e. The van der Waals surface area contributed by atoms with Gasteiger partial charge in [-0.2, -0.15) is 18.3 Å². The van der Waals surface area contributed by atoms with Gasteiger partial charge in [-0.05, 0) is 12.1 Å². The lowest BCUT2D eigenvalue weighted by molar-refractivity contribution is -0.206. The standard InChI is InChI=1S/C11H9F3N2O/c12-11(13,14)10(17)8-4-1-2-5-9(8)16-7-3-6-15-16/h1-7,10,17H/t10-/m1/s1. The van der Waals surface area contributed by atoms with Crippen molar-refractivity contribution in [1.29, 1.82) is 0 Å². The van der Waals surface area contributed by atoms with Gasteiger partial charge in [0.15, 0.2) is 6.10 Å². The molecule has 6 heteroatoms. The second-order valence-corrected chi connectivity index (χ2v) is 3.45. The highest BCUT2D eigenvalue weighted by molar-refractivity contribution is 5.42. The van der Waals surface area contributed by atoms with Crippen LogP contribution >= 0.6 is 0 Å². The highest BCUT2D eigenvalue weighted by Gasteiger charge is 2.40. The molecule has 0 bridgehead atoms. The lowest BCUT2D eigenvalue weighted by atomic mass is 10.1. The summed E-state index contributed by atoms with van der Waals surface area (Å²) in [6, 6.07) is 7.32. The Labute approximate surface area is 95.1 Å². The summed E-state index contributed by atoms with van der Waals surface area (Å²) < 4.78 is 38.7. The van der Waals surface area contributed by atoms with Gasteiger partial charge in [-0.1, -0.05) is 18.2 Å². The quantitative estimate of drug-likeness (QED) is 0.878. The van der Waals surface area contributed by atoms with Crippen LogP contribution in [0.15, 0.2) is 42.7 Å². The number of rotatable bonds is 2. The van der Waals surface area contributed by atoms with Crippen LogP contribution in [0.1, 0.15) is 11.7 Å². The first-order valence-corrected chi connectivity index (χ1v) is 4.84. The molecule has 2 rings (SSSR count). The van der Waals surface area contributed by atoms with E-state index < -0.39 is 12.3 Å². The first-order valence-electron chi connectivity index (χ1n) is 4.84. The fraction of sp³-hybridized carbons (Fsp3) is 0.182. The van der Waals surface area contributed by atoms with Crippen LogP contribution in [0.5, 0.6) is 0 Å². The van der Waals surface area contributed by atoms with Crippen LogP contribution in [0.3, 0.4) is 0 Å². The Morgan fingerprint density at radius 1 is 1.18 bits per heavy atom. The minimum atomic E-state index is -4.69. The topological polar surface area (TPSA) is 38.0 Å². The van der Waals surface area contributed by atoms with E-state index in [4.69, 9.17) is 0 Å². The molecule has 0 amide bonds. The van der Waals surface area contributed by atoms with Crippen molar-refractivity contribution in [2.24, 2.45) is 0 Å².